The quantitative estimate of drug-likeness (QED) is 0.804. The third kappa shape index (κ3) is 2.27. The Bertz CT molecular complexity index is 983. The summed E-state index contributed by atoms with van der Waals surface area (Å²) in [5.41, 5.74) is 1.33. The maximum absolute atomic E-state index is 12.9. The second-order valence-electron chi connectivity index (χ2n) is 7.81. The van der Waals surface area contributed by atoms with E-state index >= 15 is 0 Å². The van der Waals surface area contributed by atoms with Gasteiger partial charge < -0.3 is 10.0 Å². The molecule has 8 heteroatoms. The zero-order valence-electron chi connectivity index (χ0n) is 15.3. The van der Waals surface area contributed by atoms with Crippen LogP contribution in [-0.2, 0) is 5.41 Å². The normalized spacial score (nSPS) is 28.3. The number of fused-ring (bicyclic) bond motifs is 2. The van der Waals surface area contributed by atoms with E-state index in [1.165, 1.54) is 21.1 Å². The van der Waals surface area contributed by atoms with Crippen molar-refractivity contribution >= 4 is 29.2 Å². The van der Waals surface area contributed by atoms with Crippen molar-refractivity contribution < 1.29 is 19.5 Å². The molecule has 1 saturated carbocycles. The number of aryl methyl sites for hydroxylation is 1. The highest BCUT2D eigenvalue weighted by atomic mass is 32.1. The Hall–Kier alpha value is -2.74. The molecule has 7 nitrogen and oxygen atoms in total. The van der Waals surface area contributed by atoms with Crippen LogP contribution in [0.15, 0.2) is 29.6 Å². The van der Waals surface area contributed by atoms with E-state index < -0.39 is 11.5 Å². The molecule has 1 saturated heterocycles. The lowest BCUT2D eigenvalue weighted by Crippen LogP contribution is -2.39. The molecular weight excluding hydrogens is 378 g/mol. The molecule has 1 aliphatic carbocycles. The highest BCUT2D eigenvalue weighted by Crippen LogP contribution is 2.64. The Balaban J connectivity index is 1.51. The Labute approximate surface area is 165 Å². The molecule has 5 rings (SSSR count). The zero-order valence-corrected chi connectivity index (χ0v) is 16.1. The van der Waals surface area contributed by atoms with Gasteiger partial charge in [0.25, 0.3) is 11.8 Å². The minimum absolute atomic E-state index is 0.0761. The summed E-state index contributed by atoms with van der Waals surface area (Å²) in [5, 5.41) is 12.3. The van der Waals surface area contributed by atoms with Gasteiger partial charge in [-0.2, -0.15) is 0 Å². The van der Waals surface area contributed by atoms with E-state index in [4.69, 9.17) is 0 Å². The summed E-state index contributed by atoms with van der Waals surface area (Å²) >= 11 is 1.54. The molecule has 144 valence electrons. The lowest BCUT2D eigenvalue weighted by Gasteiger charge is -2.23. The van der Waals surface area contributed by atoms with E-state index in [-0.39, 0.29) is 30.2 Å². The Morgan fingerprint density at radius 2 is 1.93 bits per heavy atom. The number of thiazole rings is 1. The Morgan fingerprint density at radius 3 is 2.50 bits per heavy atom. The molecular formula is C20H19N3O4S. The highest BCUT2D eigenvalue weighted by molar-refractivity contribution is 7.09. The smallest absolute Gasteiger partial charge is 0.407 e. The summed E-state index contributed by atoms with van der Waals surface area (Å²) in [5.74, 6) is -0.232. The van der Waals surface area contributed by atoms with Gasteiger partial charge in [-0.3, -0.25) is 14.5 Å². The number of carbonyl (C=O) groups excluding carboxylic acids is 2. The number of hydrogen-bond acceptors (Lipinski definition) is 5. The van der Waals surface area contributed by atoms with Gasteiger partial charge in [-0.15, -0.1) is 11.3 Å². The summed E-state index contributed by atoms with van der Waals surface area (Å²) < 4.78 is 0. The van der Waals surface area contributed by atoms with Crippen molar-refractivity contribution in [3.8, 4) is 0 Å². The van der Waals surface area contributed by atoms with Gasteiger partial charge in [0.15, 0.2) is 0 Å². The number of carbonyl (C=O) groups is 3. The average Bonchev–Trinajstić information content (AvgIpc) is 2.98. The second-order valence-corrected chi connectivity index (χ2v) is 8.66. The molecule has 1 N–H and O–H groups in total. The number of aromatic nitrogens is 1. The van der Waals surface area contributed by atoms with Crippen LogP contribution >= 0.6 is 11.3 Å². The predicted octanol–water partition coefficient (Wildman–Crippen LogP) is 2.62. The lowest BCUT2D eigenvalue weighted by molar-refractivity contribution is 0.0632. The second kappa shape index (κ2) is 5.88. The molecule has 0 spiro atoms. The largest absolute Gasteiger partial charge is 0.465 e. The first-order valence-corrected chi connectivity index (χ1v) is 10.2. The van der Waals surface area contributed by atoms with Crippen LogP contribution in [0.1, 0.15) is 37.8 Å². The summed E-state index contributed by atoms with van der Waals surface area (Å²) in [4.78, 5) is 44.7. The van der Waals surface area contributed by atoms with Crippen LogP contribution in [0.5, 0.6) is 0 Å². The topological polar surface area (TPSA) is 90.8 Å². The molecule has 3 atom stereocenters. The third-order valence-corrected chi connectivity index (χ3v) is 7.57. The zero-order chi connectivity index (χ0) is 19.6. The van der Waals surface area contributed by atoms with Gasteiger partial charge in [0.1, 0.15) is 5.01 Å². The third-order valence-electron chi connectivity index (χ3n) is 6.41. The fourth-order valence-electron chi connectivity index (χ4n) is 4.98. The van der Waals surface area contributed by atoms with E-state index in [1.807, 2.05) is 12.3 Å². The number of benzene rings is 1. The number of imide groups is 1. The summed E-state index contributed by atoms with van der Waals surface area (Å²) in [6.45, 7) is 3.08. The van der Waals surface area contributed by atoms with Crippen molar-refractivity contribution in [3.05, 3.63) is 51.5 Å². The summed E-state index contributed by atoms with van der Waals surface area (Å²) in [6, 6.07) is 6.88. The van der Waals surface area contributed by atoms with E-state index in [0.717, 1.165) is 17.1 Å². The van der Waals surface area contributed by atoms with Crippen LogP contribution in [0.3, 0.4) is 0 Å². The maximum atomic E-state index is 12.9. The first-order chi connectivity index (χ1) is 13.4. The molecule has 2 aromatic rings. The van der Waals surface area contributed by atoms with Crippen LogP contribution in [-0.4, -0.2) is 57.4 Å². The molecule has 28 heavy (non-hydrogen) atoms. The van der Waals surface area contributed by atoms with Crippen LogP contribution < -0.4 is 0 Å². The number of rotatable bonds is 3. The van der Waals surface area contributed by atoms with Gasteiger partial charge in [0.05, 0.1) is 11.1 Å². The maximum Gasteiger partial charge on any atom is 0.407 e. The van der Waals surface area contributed by atoms with E-state index in [9.17, 15) is 19.5 Å². The van der Waals surface area contributed by atoms with Crippen molar-refractivity contribution in [3.63, 3.8) is 0 Å². The van der Waals surface area contributed by atoms with Crippen LogP contribution in [0.25, 0.3) is 0 Å². The van der Waals surface area contributed by atoms with E-state index in [1.54, 1.807) is 24.3 Å². The number of hydrogen-bond donors (Lipinski definition) is 1. The van der Waals surface area contributed by atoms with Gasteiger partial charge >= 0.3 is 6.09 Å². The van der Waals surface area contributed by atoms with Crippen LogP contribution in [0, 0.1) is 18.8 Å². The number of amides is 3. The molecule has 1 aromatic heterocycles. The van der Waals surface area contributed by atoms with Gasteiger partial charge in [-0.1, -0.05) is 12.1 Å². The minimum atomic E-state index is -0.921. The lowest BCUT2D eigenvalue weighted by atomic mass is 10.0. The first kappa shape index (κ1) is 17.4. The van der Waals surface area contributed by atoms with Crippen molar-refractivity contribution in [1.82, 2.24) is 14.8 Å². The van der Waals surface area contributed by atoms with Crippen molar-refractivity contribution in [2.75, 3.05) is 19.6 Å². The SMILES string of the molecule is Cc1csc([C@@]2(CN3C(=O)c4ccccc4C3=O)[C@@H]3CCN(C(=O)O)C[C@@H]32)n1. The monoisotopic (exact) mass is 397 g/mol. The van der Waals surface area contributed by atoms with E-state index in [2.05, 4.69) is 4.98 Å². The molecule has 3 heterocycles. The molecule has 2 aliphatic heterocycles. The fraction of sp³-hybridized carbons (Fsp3) is 0.400. The van der Waals surface area contributed by atoms with Gasteiger partial charge in [0, 0.05) is 36.1 Å². The van der Waals surface area contributed by atoms with Crippen molar-refractivity contribution in [2.45, 2.75) is 18.8 Å². The van der Waals surface area contributed by atoms with Crippen LogP contribution in [0.2, 0.25) is 0 Å². The fourth-order valence-corrected chi connectivity index (χ4v) is 6.10. The van der Waals surface area contributed by atoms with E-state index in [0.29, 0.717) is 24.2 Å². The predicted molar refractivity (Wildman–Crippen MR) is 102 cm³/mol. The number of piperidine rings is 1. The van der Waals surface area contributed by atoms with Gasteiger partial charge in [-0.25, -0.2) is 9.78 Å². The Morgan fingerprint density at radius 1 is 1.25 bits per heavy atom. The number of likely N-dealkylation sites (tertiary alicyclic amines) is 1. The summed E-state index contributed by atoms with van der Waals surface area (Å²) in [7, 11) is 0. The Kier molecular flexibility index (Phi) is 3.64. The molecule has 0 bridgehead atoms. The number of nitrogens with zero attached hydrogens (tertiary/aromatic N) is 3. The van der Waals surface area contributed by atoms with Crippen molar-refractivity contribution in [2.24, 2.45) is 11.8 Å². The summed E-state index contributed by atoms with van der Waals surface area (Å²) in [6.07, 6.45) is -0.200. The molecule has 0 unspecified atom stereocenters. The van der Waals surface area contributed by atoms with Crippen LogP contribution in [0.4, 0.5) is 4.79 Å². The molecule has 1 aromatic carbocycles. The standard InChI is InChI=1S/C20H19N3O4S/c1-11-9-28-18(21-11)20(14-6-7-22(19(26)27)8-15(14)20)10-23-16(24)12-4-2-3-5-13(12)17(23)25/h2-5,9,14-15H,6-8,10H2,1H3,(H,26,27)/t14-,15+,20+/m1/s1. The molecule has 2 fully saturated rings. The number of carboxylic acid groups (broad SMARTS) is 1. The van der Waals surface area contributed by atoms with Crippen molar-refractivity contribution in [1.29, 1.82) is 0 Å². The van der Waals surface area contributed by atoms with Gasteiger partial charge in [0.2, 0.25) is 0 Å². The molecule has 3 amide bonds. The average molecular weight is 397 g/mol. The minimum Gasteiger partial charge on any atom is -0.465 e. The molecule has 0 radical (unpaired) electrons. The van der Waals surface area contributed by atoms with Gasteiger partial charge in [-0.05, 0) is 37.3 Å². The highest BCUT2D eigenvalue weighted by Gasteiger charge is 2.69. The first-order valence-electron chi connectivity index (χ1n) is 9.29. The molecule has 3 aliphatic rings.